The van der Waals surface area contributed by atoms with Crippen molar-refractivity contribution >= 4 is 76.2 Å². The molecule has 0 fully saturated rings. The molecule has 0 bridgehead atoms. The Hall–Kier alpha value is -10.7. The Morgan fingerprint density at radius 1 is 0.635 bits per heavy atom. The first-order valence-corrected chi connectivity index (χ1v) is 34.4. The zero-order valence-corrected chi connectivity index (χ0v) is 58.0. The summed E-state index contributed by atoms with van der Waals surface area (Å²) in [6.07, 6.45) is 71.4. The molecule has 0 saturated carbocycles. The van der Waals surface area contributed by atoms with Crippen LogP contribution in [0.4, 0.5) is 11.4 Å². The van der Waals surface area contributed by atoms with Crippen molar-refractivity contribution in [2.75, 3.05) is 11.9 Å². The summed E-state index contributed by atoms with van der Waals surface area (Å²) < 4.78 is 7.49. The zero-order chi connectivity index (χ0) is 67.5. The molecule has 6 aromatic rings. The van der Waals surface area contributed by atoms with Crippen LogP contribution < -0.4 is 15.5 Å². The largest absolute Gasteiger partial charge is 0.346 e. The summed E-state index contributed by atoms with van der Waals surface area (Å²) in [5.41, 5.74) is 29.0. The van der Waals surface area contributed by atoms with E-state index in [9.17, 15) is 0 Å². The van der Waals surface area contributed by atoms with E-state index >= 15 is 0 Å². The number of para-hydroxylation sites is 2. The van der Waals surface area contributed by atoms with E-state index in [2.05, 4.69) is 321 Å². The molecule has 96 heavy (non-hydrogen) atoms. The molecule has 0 unspecified atom stereocenters. The zero-order valence-electron chi connectivity index (χ0n) is 58.0. The number of nitrogens with zero attached hydrogens (tertiary/aromatic N) is 6. The summed E-state index contributed by atoms with van der Waals surface area (Å²) >= 11 is 0. The number of fused-ring (bicyclic) bond motifs is 8. The highest BCUT2D eigenvalue weighted by Gasteiger charge is 2.32. The number of allylic oxidation sites excluding steroid dienone is 28. The third-order valence-electron chi connectivity index (χ3n) is 18.2. The van der Waals surface area contributed by atoms with Gasteiger partial charge in [0.15, 0.2) is 0 Å². The number of aliphatic imine (C=N–C) groups is 1. The van der Waals surface area contributed by atoms with E-state index in [-0.39, 0.29) is 0 Å². The Kier molecular flexibility index (Phi) is 23.4. The Balaban J connectivity index is 0.00000246. The van der Waals surface area contributed by atoms with Crippen molar-refractivity contribution in [1.29, 1.82) is 0 Å². The van der Waals surface area contributed by atoms with E-state index in [0.717, 1.165) is 128 Å². The summed E-state index contributed by atoms with van der Waals surface area (Å²) in [6.45, 7) is 30.8. The summed E-state index contributed by atoms with van der Waals surface area (Å²) in [6, 6.07) is 28.6. The first-order chi connectivity index (χ1) is 47.2. The van der Waals surface area contributed by atoms with Crippen LogP contribution in [0.3, 0.4) is 0 Å². The molecule has 0 radical (unpaired) electrons. The maximum absolute atomic E-state index is 6.15. The van der Waals surface area contributed by atoms with E-state index in [0.29, 0.717) is 19.5 Å². The maximum Gasteiger partial charge on any atom is 0.133 e. The highest BCUT2D eigenvalue weighted by Crippen LogP contribution is 2.43. The Labute approximate surface area is 572 Å². The first-order valence-electron chi connectivity index (χ1n) is 34.4. The van der Waals surface area contributed by atoms with Gasteiger partial charge in [-0.25, -0.2) is 4.99 Å². The van der Waals surface area contributed by atoms with Crippen LogP contribution in [0.1, 0.15) is 142 Å². The van der Waals surface area contributed by atoms with Crippen LogP contribution in [0, 0.1) is 0 Å². The number of aromatic nitrogens is 3. The average Bonchev–Trinajstić information content (AvgIpc) is 1.59. The van der Waals surface area contributed by atoms with Gasteiger partial charge in [-0.15, -0.1) is 5.73 Å². The summed E-state index contributed by atoms with van der Waals surface area (Å²) in [4.78, 5) is 11.1. The van der Waals surface area contributed by atoms with E-state index in [1.54, 1.807) is 0 Å². The van der Waals surface area contributed by atoms with Gasteiger partial charge in [0.1, 0.15) is 5.82 Å². The fraction of sp³-hybridized carbons (Fsp3) is 0.200. The van der Waals surface area contributed by atoms with Gasteiger partial charge < -0.3 is 18.9 Å². The van der Waals surface area contributed by atoms with Crippen LogP contribution in [-0.4, -0.2) is 31.4 Å². The van der Waals surface area contributed by atoms with Gasteiger partial charge in [-0.05, 0) is 141 Å². The Morgan fingerprint density at radius 2 is 1.31 bits per heavy atom. The smallest absolute Gasteiger partial charge is 0.133 e. The third kappa shape index (κ3) is 14.5. The van der Waals surface area contributed by atoms with Gasteiger partial charge in [0, 0.05) is 117 Å². The molecule has 6 aliphatic rings. The third-order valence-corrected chi connectivity index (χ3v) is 18.2. The first kappa shape index (κ1) is 68.2. The van der Waals surface area contributed by atoms with Crippen LogP contribution in [0.15, 0.2) is 272 Å². The number of rotatable bonds is 14. The molecule has 0 N–H and O–H groups in total. The number of hydrogen-bond donors (Lipinski definition) is 0. The molecule has 1 aliphatic heterocycles. The normalized spacial score (nSPS) is 18.9. The molecule has 484 valence electrons. The highest BCUT2D eigenvalue weighted by atomic mass is 15.2. The van der Waals surface area contributed by atoms with Crippen molar-refractivity contribution in [3.05, 3.63) is 345 Å². The van der Waals surface area contributed by atoms with E-state index in [1.807, 2.05) is 52.0 Å². The molecule has 6 nitrogen and oxygen atoms in total. The van der Waals surface area contributed by atoms with Gasteiger partial charge in [0.25, 0.3) is 0 Å². The highest BCUT2D eigenvalue weighted by molar-refractivity contribution is 6.03. The number of anilines is 2. The molecular weight excluding hydrogens is 1170 g/mol. The van der Waals surface area contributed by atoms with E-state index in [1.165, 1.54) is 50.5 Å². The standard InChI is InChI=1S/C86H82N6.2C2H6/c1-9-13-22-38-62(5)72-44-33-34-48-77-75-47-27-17-18-30-52-82(75)92(86(77)85(72)88(8)67-39-23-15-14-16-24-40-67)84(12-4)87-66(59-64(7)65-54-56-69(57-55-65)91-80-50-31-20-28-45-73(80)74-46-29-21-32-51-81(74)91)60-90-78(37-10-2)70(11-3)76-58-53-63(6)71-43-35-36-49-79(71)89(61-83(76)90)68-41-25-19-26-42-68;2*1-2/h9-23,25-26,28-38,40-43,45-47,49,53-59H,1-2,6,24,39,44,48,50-52,60-61H2,3-5,7-8H3;2*1-2H3/b16-14?,22-13-,23-15-,30-18-,34-33-,58-53-,62-38+,64-59+,67-40+,70-11-,78-37+,84-12+,85-72-,87-66+;;. The molecule has 4 heterocycles. The monoisotopic (exact) mass is 1260 g/mol. The predicted octanol–water partition coefficient (Wildman–Crippen LogP) is 21.5. The van der Waals surface area contributed by atoms with E-state index in [4.69, 9.17) is 4.99 Å². The molecule has 0 atom stereocenters. The van der Waals surface area contributed by atoms with Gasteiger partial charge in [0.05, 0.1) is 30.2 Å². The van der Waals surface area contributed by atoms with Crippen LogP contribution in [0.2, 0.25) is 0 Å². The molecule has 3 aromatic heterocycles. The molecule has 6 heteroatoms. The van der Waals surface area contributed by atoms with Crippen LogP contribution in [-0.2, 0) is 38.8 Å². The van der Waals surface area contributed by atoms with Gasteiger partial charge >= 0.3 is 0 Å². The van der Waals surface area contributed by atoms with Crippen LogP contribution in [0.25, 0.3) is 64.8 Å². The second-order valence-electron chi connectivity index (χ2n) is 23.8. The Bertz CT molecular complexity index is 4600. The van der Waals surface area contributed by atoms with Crippen molar-refractivity contribution in [3.63, 3.8) is 0 Å². The molecule has 0 amide bonds. The van der Waals surface area contributed by atoms with Gasteiger partial charge in [-0.2, -0.15) is 0 Å². The second kappa shape index (κ2) is 33.0. The molecule has 3 aromatic carbocycles. The van der Waals surface area contributed by atoms with Crippen LogP contribution in [0.5, 0.6) is 0 Å². The lowest BCUT2D eigenvalue weighted by molar-refractivity contribution is 0.567. The molecular formula is C90H94N6. The van der Waals surface area contributed by atoms with Crippen molar-refractivity contribution in [1.82, 2.24) is 18.6 Å². The summed E-state index contributed by atoms with van der Waals surface area (Å²) in [7, 11) is 2.27. The quantitative estimate of drug-likeness (QED) is 0.0471. The molecule has 12 rings (SSSR count). The van der Waals surface area contributed by atoms with Gasteiger partial charge in [-0.3, -0.25) is 4.57 Å². The molecule has 0 spiro atoms. The lowest BCUT2D eigenvalue weighted by Gasteiger charge is -2.31. The topological polar surface area (TPSA) is 33.6 Å². The lowest BCUT2D eigenvalue weighted by Crippen LogP contribution is -2.32. The van der Waals surface area contributed by atoms with Crippen molar-refractivity contribution in [2.24, 2.45) is 4.99 Å². The minimum atomic E-state index is 0.431. The predicted molar refractivity (Wildman–Crippen MR) is 419 cm³/mol. The minimum absolute atomic E-state index is 0.431. The lowest BCUT2D eigenvalue weighted by atomic mass is 9.92. The number of benzene rings is 3. The maximum atomic E-state index is 6.15. The average molecular weight is 1260 g/mol. The fourth-order valence-corrected chi connectivity index (χ4v) is 13.7. The van der Waals surface area contributed by atoms with Crippen molar-refractivity contribution in [2.45, 2.75) is 113 Å². The van der Waals surface area contributed by atoms with Gasteiger partial charge in [-0.1, -0.05) is 248 Å². The second-order valence-corrected chi connectivity index (χ2v) is 23.8. The number of hydrogen-bond acceptors (Lipinski definition) is 3. The van der Waals surface area contributed by atoms with Crippen molar-refractivity contribution in [3.8, 4) is 5.69 Å². The van der Waals surface area contributed by atoms with Gasteiger partial charge in [0.2, 0.25) is 0 Å². The Morgan fingerprint density at radius 3 is 2.03 bits per heavy atom. The summed E-state index contributed by atoms with van der Waals surface area (Å²) in [5.74, 6) is 0.834. The molecule has 5 aliphatic carbocycles. The fourth-order valence-electron chi connectivity index (χ4n) is 13.7. The molecule has 0 saturated heterocycles. The SMILES string of the molecule is C=C\C=C/C=C(C)/C1=C(\N(C)/C2=C/CC=C/C=C\C2)c2c(c3c(n2C(=C/C)/N=C(\C=C(/C)c2ccc(-n4c5c(c6c4CC=CC=C6)C=CC=CC5)cc2)Cn2c4c(c(=C/C)/c2=C\C=C)/C=C\C(=C)c2ccccc2N(c2ccccc2)C4)C/C=C\C=C=C3)C/C=C\C1.CC.CC. The van der Waals surface area contributed by atoms with E-state index < -0.39 is 0 Å². The van der Waals surface area contributed by atoms with Crippen molar-refractivity contribution < 1.29 is 0 Å². The summed E-state index contributed by atoms with van der Waals surface area (Å²) in [5, 5.41) is 2.18. The minimum Gasteiger partial charge on any atom is -0.346 e. The van der Waals surface area contributed by atoms with Crippen LogP contribution >= 0.6 is 0 Å².